The molecule has 22 heavy (non-hydrogen) atoms. The van der Waals surface area contributed by atoms with Crippen molar-refractivity contribution < 1.29 is 0 Å². The first-order valence-electron chi connectivity index (χ1n) is 8.22. The summed E-state index contributed by atoms with van der Waals surface area (Å²) in [7, 11) is 0. The van der Waals surface area contributed by atoms with Gasteiger partial charge in [-0.3, -0.25) is 0 Å². The van der Waals surface area contributed by atoms with E-state index in [4.69, 9.17) is 0 Å². The van der Waals surface area contributed by atoms with Gasteiger partial charge >= 0.3 is 0 Å². The predicted octanol–water partition coefficient (Wildman–Crippen LogP) is 4.89. The molecule has 0 spiro atoms. The van der Waals surface area contributed by atoms with Crippen LogP contribution in [-0.4, -0.2) is 18.1 Å². The maximum Gasteiger partial charge on any atom is 0.0512 e. The minimum atomic E-state index is 1.04. The first kappa shape index (κ1) is 13.4. The van der Waals surface area contributed by atoms with E-state index in [9.17, 15) is 0 Å². The summed E-state index contributed by atoms with van der Waals surface area (Å²) in [6.45, 7) is 8.75. The van der Waals surface area contributed by atoms with Gasteiger partial charge in [-0.2, -0.15) is 0 Å². The largest absolute Gasteiger partial charge is 0.372 e. The van der Waals surface area contributed by atoms with Crippen LogP contribution in [0.3, 0.4) is 0 Å². The highest BCUT2D eigenvalue weighted by molar-refractivity contribution is 6.03. The molecular weight excluding hydrogens is 268 g/mol. The number of fused-ring (bicyclic) bond motifs is 5. The molecule has 1 N–H and O–H groups in total. The Kier molecular flexibility index (Phi) is 3.00. The van der Waals surface area contributed by atoms with E-state index < -0.39 is 0 Å². The molecule has 0 bridgehead atoms. The van der Waals surface area contributed by atoms with Crippen molar-refractivity contribution in [1.29, 1.82) is 0 Å². The molecular formula is C20H22N2. The molecule has 0 atom stereocenters. The zero-order valence-corrected chi connectivity index (χ0v) is 13.5. The van der Waals surface area contributed by atoms with Gasteiger partial charge < -0.3 is 9.88 Å². The van der Waals surface area contributed by atoms with E-state index in [1.165, 1.54) is 44.5 Å². The molecule has 2 heteroatoms. The smallest absolute Gasteiger partial charge is 0.0512 e. The number of rotatable bonds is 3. The van der Waals surface area contributed by atoms with E-state index in [0.717, 1.165) is 19.5 Å². The third kappa shape index (κ3) is 1.73. The fraction of sp³-hybridized carbons (Fsp3) is 0.300. The zero-order chi connectivity index (χ0) is 15.3. The molecule has 0 aliphatic heterocycles. The second-order valence-corrected chi connectivity index (χ2v) is 6.14. The summed E-state index contributed by atoms with van der Waals surface area (Å²) in [6, 6.07) is 13.3. The Balaban J connectivity index is 2.03. The highest BCUT2D eigenvalue weighted by Crippen LogP contribution is 2.44. The van der Waals surface area contributed by atoms with Crippen molar-refractivity contribution in [2.24, 2.45) is 0 Å². The molecule has 0 saturated carbocycles. The lowest BCUT2D eigenvalue weighted by atomic mass is 10.0. The number of hydrogen-bond acceptors (Lipinski definition) is 1. The Bertz CT molecular complexity index is 854. The number of anilines is 1. The summed E-state index contributed by atoms with van der Waals surface area (Å²) >= 11 is 0. The van der Waals surface area contributed by atoms with Gasteiger partial charge in [0.2, 0.25) is 0 Å². The number of nitrogens with one attached hydrogen (secondary N) is 1. The van der Waals surface area contributed by atoms with Gasteiger partial charge in [-0.25, -0.2) is 0 Å². The minimum Gasteiger partial charge on any atom is -0.372 e. The van der Waals surface area contributed by atoms with Crippen LogP contribution in [0.25, 0.3) is 22.2 Å². The minimum absolute atomic E-state index is 1.04. The van der Waals surface area contributed by atoms with Gasteiger partial charge in [-0.15, -0.1) is 0 Å². The number of aromatic amines is 1. The Morgan fingerprint density at radius 3 is 2.59 bits per heavy atom. The average Bonchev–Trinajstić information content (AvgIpc) is 3.07. The molecule has 0 unspecified atom stereocenters. The first-order chi connectivity index (χ1) is 10.7. The molecule has 2 nitrogen and oxygen atoms in total. The molecule has 3 aromatic rings. The lowest BCUT2D eigenvalue weighted by Gasteiger charge is -2.23. The van der Waals surface area contributed by atoms with Crippen LogP contribution in [0.5, 0.6) is 0 Å². The highest BCUT2D eigenvalue weighted by Gasteiger charge is 2.25. The third-order valence-electron chi connectivity index (χ3n) is 5.00. The van der Waals surface area contributed by atoms with E-state index in [1.807, 2.05) is 0 Å². The molecule has 1 aliphatic rings. The lowest BCUT2D eigenvalue weighted by molar-refractivity contribution is 0.870. The first-order valence-corrected chi connectivity index (χ1v) is 8.22. The molecule has 2 aromatic carbocycles. The van der Waals surface area contributed by atoms with Crippen LogP contribution in [0.1, 0.15) is 30.5 Å². The summed E-state index contributed by atoms with van der Waals surface area (Å²) < 4.78 is 0. The van der Waals surface area contributed by atoms with Crippen molar-refractivity contribution in [3.05, 3.63) is 53.1 Å². The molecule has 4 rings (SSSR count). The number of hydrogen-bond donors (Lipinski definition) is 1. The maximum atomic E-state index is 3.72. The fourth-order valence-corrected chi connectivity index (χ4v) is 3.83. The molecule has 1 aromatic heterocycles. The molecule has 1 aliphatic carbocycles. The van der Waals surface area contributed by atoms with Crippen molar-refractivity contribution >= 4 is 16.6 Å². The van der Waals surface area contributed by atoms with Gasteiger partial charge in [0.05, 0.1) is 11.2 Å². The van der Waals surface area contributed by atoms with Crippen LogP contribution < -0.4 is 4.90 Å². The standard InChI is InChI=1S/C20H22N2/c1-4-22(5-2)17-11-10-13(3)19-18(17)16-12-14-8-6-7-9-15(14)20(16)21-19/h6-11,21H,4-5,12H2,1-3H3. The molecule has 0 saturated heterocycles. The Morgan fingerprint density at radius 1 is 1.05 bits per heavy atom. The van der Waals surface area contributed by atoms with Crippen molar-refractivity contribution in [2.75, 3.05) is 18.0 Å². The fourth-order valence-electron chi connectivity index (χ4n) is 3.83. The summed E-state index contributed by atoms with van der Waals surface area (Å²) in [6.07, 6.45) is 1.04. The van der Waals surface area contributed by atoms with Crippen molar-refractivity contribution in [3.8, 4) is 11.3 Å². The summed E-state index contributed by atoms with van der Waals surface area (Å²) in [5.41, 5.74) is 9.63. The maximum absolute atomic E-state index is 3.72. The molecule has 0 amide bonds. The highest BCUT2D eigenvalue weighted by atomic mass is 15.1. The van der Waals surface area contributed by atoms with Gasteiger partial charge in [-0.05, 0) is 43.5 Å². The van der Waals surface area contributed by atoms with Gasteiger partial charge in [0, 0.05) is 36.1 Å². The summed E-state index contributed by atoms with van der Waals surface area (Å²) in [5, 5.41) is 1.43. The topological polar surface area (TPSA) is 19.0 Å². The number of H-pyrrole nitrogens is 1. The summed E-state index contributed by atoms with van der Waals surface area (Å²) in [5.74, 6) is 0. The molecule has 0 fully saturated rings. The zero-order valence-electron chi connectivity index (χ0n) is 13.5. The lowest BCUT2D eigenvalue weighted by Crippen LogP contribution is -2.22. The van der Waals surface area contributed by atoms with Crippen LogP contribution >= 0.6 is 0 Å². The van der Waals surface area contributed by atoms with Crippen LogP contribution in [0.2, 0.25) is 0 Å². The van der Waals surface area contributed by atoms with Gasteiger partial charge in [0.25, 0.3) is 0 Å². The molecule has 112 valence electrons. The van der Waals surface area contributed by atoms with E-state index in [2.05, 4.69) is 67.1 Å². The number of aryl methyl sites for hydroxylation is 1. The van der Waals surface area contributed by atoms with Crippen molar-refractivity contribution in [1.82, 2.24) is 4.98 Å². The predicted molar refractivity (Wildman–Crippen MR) is 94.8 cm³/mol. The van der Waals surface area contributed by atoms with Gasteiger partial charge in [-0.1, -0.05) is 30.3 Å². The molecule has 0 radical (unpaired) electrons. The van der Waals surface area contributed by atoms with Gasteiger partial charge in [0.1, 0.15) is 0 Å². The number of aromatic nitrogens is 1. The SMILES string of the molecule is CCN(CC)c1ccc(C)c2[nH]c3c(c12)Cc1ccccc1-3. The van der Waals surface area contributed by atoms with Crippen LogP contribution in [0.4, 0.5) is 5.69 Å². The average molecular weight is 290 g/mol. The second-order valence-electron chi connectivity index (χ2n) is 6.14. The number of nitrogens with zero attached hydrogens (tertiary/aromatic N) is 1. The van der Waals surface area contributed by atoms with E-state index in [0.29, 0.717) is 0 Å². The Labute approximate surface area is 131 Å². The van der Waals surface area contributed by atoms with Crippen LogP contribution in [-0.2, 0) is 6.42 Å². The Hall–Kier alpha value is -2.22. The van der Waals surface area contributed by atoms with Crippen LogP contribution in [0, 0.1) is 6.92 Å². The van der Waals surface area contributed by atoms with E-state index in [1.54, 1.807) is 0 Å². The normalized spacial score (nSPS) is 12.5. The summed E-state index contributed by atoms with van der Waals surface area (Å²) in [4.78, 5) is 6.17. The molecule has 1 heterocycles. The Morgan fingerprint density at radius 2 is 1.82 bits per heavy atom. The quantitative estimate of drug-likeness (QED) is 0.569. The van der Waals surface area contributed by atoms with Crippen LogP contribution in [0.15, 0.2) is 36.4 Å². The van der Waals surface area contributed by atoms with Crippen molar-refractivity contribution in [3.63, 3.8) is 0 Å². The third-order valence-corrected chi connectivity index (χ3v) is 5.00. The van der Waals surface area contributed by atoms with Gasteiger partial charge in [0.15, 0.2) is 0 Å². The number of benzene rings is 2. The van der Waals surface area contributed by atoms with Crippen molar-refractivity contribution in [2.45, 2.75) is 27.2 Å². The second kappa shape index (κ2) is 4.91. The monoisotopic (exact) mass is 290 g/mol. The van der Waals surface area contributed by atoms with E-state index in [-0.39, 0.29) is 0 Å². The van der Waals surface area contributed by atoms with E-state index >= 15 is 0 Å².